The van der Waals surface area contributed by atoms with E-state index in [1.165, 1.54) is 24.4 Å². The van der Waals surface area contributed by atoms with Crippen LogP contribution in [0.5, 0.6) is 0 Å². The second-order valence-corrected chi connectivity index (χ2v) is 4.16. The van der Waals surface area contributed by atoms with Crippen molar-refractivity contribution in [1.82, 2.24) is 9.78 Å². The van der Waals surface area contributed by atoms with Crippen LogP contribution in [0.2, 0.25) is 0 Å². The minimum Gasteiger partial charge on any atom is -0.358 e. The number of benzene rings is 1. The van der Waals surface area contributed by atoms with Gasteiger partial charge < -0.3 is 15.4 Å². The Kier molecular flexibility index (Phi) is 3.74. The number of aromatic nitrogens is 2. The lowest BCUT2D eigenvalue weighted by atomic mass is 10.2. The van der Waals surface area contributed by atoms with E-state index in [0.717, 1.165) is 10.2 Å². The molecule has 1 heterocycles. The SMILES string of the molecule is Cc1ccc(F)c(NC(=O)Cn2ccc([N+](=O)[O-])n2)c1. The maximum absolute atomic E-state index is 13.5. The average molecular weight is 278 g/mol. The summed E-state index contributed by atoms with van der Waals surface area (Å²) in [6.45, 7) is 1.53. The van der Waals surface area contributed by atoms with Gasteiger partial charge in [0, 0.05) is 0 Å². The first-order valence-electron chi connectivity index (χ1n) is 5.69. The number of hydrogen-bond acceptors (Lipinski definition) is 4. The second-order valence-electron chi connectivity index (χ2n) is 4.16. The third kappa shape index (κ3) is 3.16. The number of halogens is 1. The van der Waals surface area contributed by atoms with Crippen molar-refractivity contribution in [3.05, 3.63) is 52.0 Å². The van der Waals surface area contributed by atoms with Gasteiger partial charge >= 0.3 is 5.82 Å². The highest BCUT2D eigenvalue weighted by molar-refractivity contribution is 5.90. The molecule has 0 unspecified atom stereocenters. The Balaban J connectivity index is 2.05. The number of nitrogens with zero attached hydrogens (tertiary/aromatic N) is 3. The quantitative estimate of drug-likeness (QED) is 0.683. The molecule has 0 aliphatic carbocycles. The van der Waals surface area contributed by atoms with Crippen LogP contribution < -0.4 is 5.32 Å². The van der Waals surface area contributed by atoms with E-state index in [4.69, 9.17) is 0 Å². The summed E-state index contributed by atoms with van der Waals surface area (Å²) in [6, 6.07) is 5.52. The standard InChI is InChI=1S/C12H11FN4O3/c1-8-2-3-9(13)10(6-8)14-12(18)7-16-5-4-11(15-16)17(19)20/h2-6H,7H2,1H3,(H,14,18). The minimum atomic E-state index is -0.658. The van der Waals surface area contributed by atoms with E-state index in [2.05, 4.69) is 10.4 Å². The van der Waals surface area contributed by atoms with E-state index >= 15 is 0 Å². The number of nitrogens with one attached hydrogen (secondary N) is 1. The van der Waals surface area contributed by atoms with Crippen LogP contribution in [0, 0.1) is 22.9 Å². The third-order valence-electron chi connectivity index (χ3n) is 2.52. The van der Waals surface area contributed by atoms with Crippen LogP contribution in [0.3, 0.4) is 0 Å². The van der Waals surface area contributed by atoms with Crippen molar-refractivity contribution in [2.45, 2.75) is 13.5 Å². The highest BCUT2D eigenvalue weighted by Crippen LogP contribution is 2.15. The average Bonchev–Trinajstić information content (AvgIpc) is 2.82. The summed E-state index contributed by atoms with van der Waals surface area (Å²) in [5.41, 5.74) is 0.869. The van der Waals surface area contributed by atoms with E-state index in [1.54, 1.807) is 13.0 Å². The van der Waals surface area contributed by atoms with Gasteiger partial charge in [-0.1, -0.05) is 6.07 Å². The lowest BCUT2D eigenvalue weighted by Crippen LogP contribution is -2.19. The fraction of sp³-hybridized carbons (Fsp3) is 0.167. The molecule has 0 saturated carbocycles. The molecule has 8 heteroatoms. The van der Waals surface area contributed by atoms with Gasteiger partial charge in [0.25, 0.3) is 0 Å². The topological polar surface area (TPSA) is 90.1 Å². The van der Waals surface area contributed by atoms with Gasteiger partial charge in [0.05, 0.1) is 23.0 Å². The van der Waals surface area contributed by atoms with Crippen LogP contribution in [0.25, 0.3) is 0 Å². The first kappa shape index (κ1) is 13.7. The molecule has 7 nitrogen and oxygen atoms in total. The maximum atomic E-state index is 13.5. The molecule has 0 atom stereocenters. The predicted molar refractivity (Wildman–Crippen MR) is 68.6 cm³/mol. The lowest BCUT2D eigenvalue weighted by Gasteiger charge is -2.06. The van der Waals surface area contributed by atoms with Crippen LogP contribution in [0.15, 0.2) is 30.5 Å². The Hall–Kier alpha value is -2.77. The molecule has 0 saturated heterocycles. The van der Waals surface area contributed by atoms with Crippen molar-refractivity contribution in [3.63, 3.8) is 0 Å². The van der Waals surface area contributed by atoms with Crippen LogP contribution in [-0.2, 0) is 11.3 Å². The van der Waals surface area contributed by atoms with Crippen molar-refractivity contribution in [1.29, 1.82) is 0 Å². The van der Waals surface area contributed by atoms with E-state index < -0.39 is 16.6 Å². The van der Waals surface area contributed by atoms with Crippen molar-refractivity contribution >= 4 is 17.4 Å². The van der Waals surface area contributed by atoms with E-state index in [1.807, 2.05) is 0 Å². The molecule has 1 amide bonds. The molecule has 2 aromatic rings. The number of carbonyl (C=O) groups is 1. The molecule has 20 heavy (non-hydrogen) atoms. The van der Waals surface area contributed by atoms with Gasteiger partial charge in [0.15, 0.2) is 0 Å². The van der Waals surface area contributed by atoms with Gasteiger partial charge in [0.1, 0.15) is 12.4 Å². The molecule has 0 fully saturated rings. The third-order valence-corrected chi connectivity index (χ3v) is 2.52. The largest absolute Gasteiger partial charge is 0.389 e. The first-order valence-corrected chi connectivity index (χ1v) is 5.69. The van der Waals surface area contributed by atoms with Gasteiger partial charge in [-0.3, -0.25) is 4.79 Å². The molecule has 0 radical (unpaired) electrons. The first-order chi connectivity index (χ1) is 9.45. The smallest absolute Gasteiger partial charge is 0.358 e. The summed E-state index contributed by atoms with van der Waals surface area (Å²) in [4.78, 5) is 21.5. The zero-order valence-corrected chi connectivity index (χ0v) is 10.5. The number of nitro groups is 1. The Morgan fingerprint density at radius 1 is 1.50 bits per heavy atom. The summed E-state index contributed by atoms with van der Waals surface area (Å²) < 4.78 is 14.6. The molecule has 0 aliphatic rings. The fourth-order valence-electron chi connectivity index (χ4n) is 1.61. The molecule has 1 aromatic carbocycles. The highest BCUT2D eigenvalue weighted by Gasteiger charge is 2.14. The zero-order valence-electron chi connectivity index (χ0n) is 10.5. The van der Waals surface area contributed by atoms with Gasteiger partial charge in [-0.25, -0.2) is 4.39 Å². The van der Waals surface area contributed by atoms with Crippen molar-refractivity contribution in [3.8, 4) is 0 Å². The maximum Gasteiger partial charge on any atom is 0.389 e. The lowest BCUT2D eigenvalue weighted by molar-refractivity contribution is -0.389. The minimum absolute atomic E-state index is 0.0663. The summed E-state index contributed by atoms with van der Waals surface area (Å²) in [5.74, 6) is -1.41. The monoisotopic (exact) mass is 278 g/mol. The van der Waals surface area contributed by atoms with Crippen LogP contribution in [-0.4, -0.2) is 20.6 Å². The predicted octanol–water partition coefficient (Wildman–Crippen LogP) is 1.88. The van der Waals surface area contributed by atoms with E-state index in [0.29, 0.717) is 0 Å². The Morgan fingerprint density at radius 3 is 2.90 bits per heavy atom. The Labute approximate surface area is 113 Å². The summed E-state index contributed by atoms with van der Waals surface area (Å²) >= 11 is 0. The van der Waals surface area contributed by atoms with Gasteiger partial charge in [0.2, 0.25) is 5.91 Å². The molecule has 2 rings (SSSR count). The van der Waals surface area contributed by atoms with E-state index in [-0.39, 0.29) is 18.1 Å². The normalized spacial score (nSPS) is 10.3. The molecule has 104 valence electrons. The van der Waals surface area contributed by atoms with Gasteiger partial charge in [-0.15, -0.1) is 0 Å². The van der Waals surface area contributed by atoms with Gasteiger partial charge in [-0.2, -0.15) is 4.68 Å². The molecule has 1 N–H and O–H groups in total. The molecular formula is C12H11FN4O3. The molecule has 1 aromatic heterocycles. The van der Waals surface area contributed by atoms with Crippen LogP contribution in [0.1, 0.15) is 5.56 Å². The number of hydrogen-bond donors (Lipinski definition) is 1. The summed E-state index contributed by atoms with van der Waals surface area (Å²) in [5, 5.41) is 16.4. The van der Waals surface area contributed by atoms with Crippen molar-refractivity contribution < 1.29 is 14.1 Å². The van der Waals surface area contributed by atoms with Crippen molar-refractivity contribution in [2.75, 3.05) is 5.32 Å². The van der Waals surface area contributed by atoms with Crippen LogP contribution in [0.4, 0.5) is 15.9 Å². The summed E-state index contributed by atoms with van der Waals surface area (Å²) in [6.07, 6.45) is 1.31. The second kappa shape index (κ2) is 5.47. The number of aryl methyl sites for hydroxylation is 1. The van der Waals surface area contributed by atoms with E-state index in [9.17, 15) is 19.3 Å². The fourth-order valence-corrected chi connectivity index (χ4v) is 1.61. The Morgan fingerprint density at radius 2 is 2.25 bits per heavy atom. The van der Waals surface area contributed by atoms with Gasteiger partial charge in [-0.05, 0) is 29.5 Å². The number of anilines is 1. The molecule has 0 bridgehead atoms. The Bertz CT molecular complexity index is 668. The molecule has 0 spiro atoms. The summed E-state index contributed by atoms with van der Waals surface area (Å²) in [7, 11) is 0. The molecular weight excluding hydrogens is 267 g/mol. The zero-order chi connectivity index (χ0) is 14.7. The molecule has 0 aliphatic heterocycles. The number of carbonyl (C=O) groups excluding carboxylic acids is 1. The van der Waals surface area contributed by atoms with Crippen molar-refractivity contribution in [2.24, 2.45) is 0 Å². The van der Waals surface area contributed by atoms with Crippen LogP contribution >= 0.6 is 0 Å². The number of amides is 1. The highest BCUT2D eigenvalue weighted by atomic mass is 19.1. The number of rotatable bonds is 4.